The van der Waals surface area contributed by atoms with Crippen molar-refractivity contribution in [1.29, 1.82) is 0 Å². The summed E-state index contributed by atoms with van der Waals surface area (Å²) in [7, 11) is 0. The van der Waals surface area contributed by atoms with E-state index in [-0.39, 0.29) is 11.3 Å². The van der Waals surface area contributed by atoms with E-state index in [0.717, 1.165) is 25.0 Å². The van der Waals surface area contributed by atoms with Crippen LogP contribution in [0.15, 0.2) is 18.2 Å². The highest BCUT2D eigenvalue weighted by Gasteiger charge is 2.41. The Morgan fingerprint density at radius 3 is 2.83 bits per heavy atom. The van der Waals surface area contributed by atoms with Crippen LogP contribution >= 0.6 is 0 Å². The molecule has 0 aliphatic heterocycles. The molecule has 1 aromatic carbocycles. The molecule has 0 radical (unpaired) electrons. The number of phenolic OH excluding ortho intramolecular Hbond substituents is 1. The van der Waals surface area contributed by atoms with Gasteiger partial charge in [0.2, 0.25) is 0 Å². The van der Waals surface area contributed by atoms with Gasteiger partial charge < -0.3 is 16.2 Å². The van der Waals surface area contributed by atoms with E-state index in [1.54, 1.807) is 0 Å². The summed E-state index contributed by atoms with van der Waals surface area (Å²) in [6.45, 7) is 2.19. The van der Waals surface area contributed by atoms with E-state index in [0.29, 0.717) is 12.5 Å². The van der Waals surface area contributed by atoms with Crippen molar-refractivity contribution < 1.29 is 14.3 Å². The molecule has 0 saturated heterocycles. The van der Waals surface area contributed by atoms with Crippen LogP contribution in [-0.2, 0) is 0 Å². The molecule has 1 saturated carbocycles. The molecule has 0 heterocycles. The Hall–Kier alpha value is -1.62. The van der Waals surface area contributed by atoms with E-state index in [4.69, 9.17) is 5.73 Å². The predicted molar refractivity (Wildman–Crippen MR) is 65.7 cm³/mol. The summed E-state index contributed by atoms with van der Waals surface area (Å²) in [5.41, 5.74) is 5.14. The molecule has 1 amide bonds. The molecule has 4 N–H and O–H groups in total. The minimum absolute atomic E-state index is 0.0599. The lowest BCUT2D eigenvalue weighted by Crippen LogP contribution is -2.53. The predicted octanol–water partition coefficient (Wildman–Crippen LogP) is 1.39. The first kappa shape index (κ1) is 12.8. The van der Waals surface area contributed by atoms with Gasteiger partial charge >= 0.3 is 0 Å². The third kappa shape index (κ3) is 2.46. The third-order valence-electron chi connectivity index (χ3n) is 3.50. The summed E-state index contributed by atoms with van der Waals surface area (Å²) in [4.78, 5) is 12.0. The molecule has 1 unspecified atom stereocenters. The fraction of sp³-hybridized carbons (Fsp3) is 0.462. The van der Waals surface area contributed by atoms with E-state index < -0.39 is 17.3 Å². The van der Waals surface area contributed by atoms with Crippen LogP contribution in [-0.4, -0.2) is 23.1 Å². The van der Waals surface area contributed by atoms with Gasteiger partial charge in [0.1, 0.15) is 11.6 Å². The van der Waals surface area contributed by atoms with E-state index in [1.807, 2.05) is 6.92 Å². The summed E-state index contributed by atoms with van der Waals surface area (Å²) >= 11 is 0. The Kier molecular flexibility index (Phi) is 3.26. The number of aromatic hydroxyl groups is 1. The first-order chi connectivity index (χ1) is 8.46. The van der Waals surface area contributed by atoms with Crippen molar-refractivity contribution >= 4 is 5.91 Å². The third-order valence-corrected chi connectivity index (χ3v) is 3.50. The lowest BCUT2D eigenvalue weighted by molar-refractivity contribution is 0.0894. The maximum absolute atomic E-state index is 13.1. The zero-order valence-electron chi connectivity index (χ0n) is 10.2. The van der Waals surface area contributed by atoms with E-state index in [1.165, 1.54) is 6.07 Å². The Bertz CT molecular complexity index is 474. The van der Waals surface area contributed by atoms with Crippen LogP contribution in [0.2, 0.25) is 0 Å². The molecule has 0 spiro atoms. The Morgan fingerprint density at radius 1 is 1.61 bits per heavy atom. The van der Waals surface area contributed by atoms with Crippen LogP contribution in [0.1, 0.15) is 30.1 Å². The average molecular weight is 252 g/mol. The van der Waals surface area contributed by atoms with Crippen molar-refractivity contribution in [2.75, 3.05) is 6.54 Å². The molecule has 98 valence electrons. The van der Waals surface area contributed by atoms with Gasteiger partial charge in [0, 0.05) is 6.54 Å². The van der Waals surface area contributed by atoms with Crippen LogP contribution in [0, 0.1) is 11.7 Å². The summed E-state index contributed by atoms with van der Waals surface area (Å²) in [6, 6.07) is 3.30. The first-order valence-electron chi connectivity index (χ1n) is 5.97. The second-order valence-electron chi connectivity index (χ2n) is 5.01. The number of nitrogens with two attached hydrogens (primary N) is 1. The summed E-state index contributed by atoms with van der Waals surface area (Å²) in [6.07, 6.45) is 2.06. The molecule has 1 aromatic rings. The molecule has 0 bridgehead atoms. The fourth-order valence-electron chi connectivity index (χ4n) is 2.06. The average Bonchev–Trinajstić information content (AvgIpc) is 3.16. The first-order valence-corrected chi connectivity index (χ1v) is 5.97. The number of amides is 1. The standard InChI is InChI=1S/C13H17FN2O2/c1-13(7-15,8-2-3-8)16-12(18)10-6-9(14)4-5-11(10)17/h4-6,8,17H,2-3,7,15H2,1H3,(H,16,18). The molecule has 1 aliphatic rings. The maximum atomic E-state index is 13.1. The number of benzene rings is 1. The Balaban J connectivity index is 2.18. The number of hydrogen-bond acceptors (Lipinski definition) is 3. The minimum Gasteiger partial charge on any atom is -0.507 e. The lowest BCUT2D eigenvalue weighted by Gasteiger charge is -2.29. The van der Waals surface area contributed by atoms with Gasteiger partial charge in [-0.25, -0.2) is 4.39 Å². The summed E-state index contributed by atoms with van der Waals surface area (Å²) < 4.78 is 13.1. The van der Waals surface area contributed by atoms with Gasteiger partial charge in [-0.2, -0.15) is 0 Å². The SMILES string of the molecule is CC(CN)(NC(=O)c1cc(F)ccc1O)C1CC1. The number of hydrogen-bond donors (Lipinski definition) is 3. The molecule has 1 aliphatic carbocycles. The largest absolute Gasteiger partial charge is 0.507 e. The van der Waals surface area contributed by atoms with Crippen LogP contribution in [0.4, 0.5) is 4.39 Å². The Labute approximate surface area is 105 Å². The van der Waals surface area contributed by atoms with Crippen LogP contribution in [0.25, 0.3) is 0 Å². The molecule has 0 aromatic heterocycles. The zero-order valence-corrected chi connectivity index (χ0v) is 10.2. The number of nitrogens with one attached hydrogen (secondary N) is 1. The van der Waals surface area contributed by atoms with Gasteiger partial charge in [0.25, 0.3) is 5.91 Å². The molecule has 5 heteroatoms. The second kappa shape index (κ2) is 4.57. The maximum Gasteiger partial charge on any atom is 0.255 e. The number of phenols is 1. The summed E-state index contributed by atoms with van der Waals surface area (Å²) in [5.74, 6) is -0.920. The second-order valence-corrected chi connectivity index (χ2v) is 5.01. The van der Waals surface area contributed by atoms with Crippen molar-refractivity contribution in [3.05, 3.63) is 29.6 Å². The molecule has 4 nitrogen and oxygen atoms in total. The fourth-order valence-corrected chi connectivity index (χ4v) is 2.06. The highest BCUT2D eigenvalue weighted by atomic mass is 19.1. The molecule has 1 atom stereocenters. The molecule has 1 fully saturated rings. The van der Waals surface area contributed by atoms with Gasteiger partial charge in [-0.1, -0.05) is 0 Å². The quantitative estimate of drug-likeness (QED) is 0.758. The zero-order chi connectivity index (χ0) is 13.3. The van der Waals surface area contributed by atoms with Gasteiger partial charge in [-0.05, 0) is 43.9 Å². The number of halogens is 1. The topological polar surface area (TPSA) is 75.3 Å². The number of carbonyl (C=O) groups is 1. The van der Waals surface area contributed by atoms with Crippen molar-refractivity contribution in [2.24, 2.45) is 11.7 Å². The van der Waals surface area contributed by atoms with Gasteiger partial charge in [-0.3, -0.25) is 4.79 Å². The van der Waals surface area contributed by atoms with Gasteiger partial charge in [0.05, 0.1) is 11.1 Å². The number of rotatable bonds is 4. The van der Waals surface area contributed by atoms with Crippen molar-refractivity contribution in [3.8, 4) is 5.75 Å². The van der Waals surface area contributed by atoms with Gasteiger partial charge in [-0.15, -0.1) is 0 Å². The van der Waals surface area contributed by atoms with Crippen LogP contribution in [0.3, 0.4) is 0 Å². The van der Waals surface area contributed by atoms with Crippen molar-refractivity contribution in [2.45, 2.75) is 25.3 Å². The van der Waals surface area contributed by atoms with E-state index >= 15 is 0 Å². The van der Waals surface area contributed by atoms with Crippen LogP contribution < -0.4 is 11.1 Å². The number of carbonyl (C=O) groups excluding carboxylic acids is 1. The smallest absolute Gasteiger partial charge is 0.255 e. The Morgan fingerprint density at radius 2 is 2.28 bits per heavy atom. The van der Waals surface area contributed by atoms with E-state index in [2.05, 4.69) is 5.32 Å². The van der Waals surface area contributed by atoms with Gasteiger partial charge in [0.15, 0.2) is 0 Å². The monoisotopic (exact) mass is 252 g/mol. The molecular formula is C13H17FN2O2. The van der Waals surface area contributed by atoms with Crippen molar-refractivity contribution in [3.63, 3.8) is 0 Å². The minimum atomic E-state index is -0.557. The van der Waals surface area contributed by atoms with Crippen molar-refractivity contribution in [1.82, 2.24) is 5.32 Å². The molecule has 2 rings (SSSR count). The summed E-state index contributed by atoms with van der Waals surface area (Å²) in [5, 5.41) is 12.4. The highest BCUT2D eigenvalue weighted by Crippen LogP contribution is 2.39. The van der Waals surface area contributed by atoms with E-state index in [9.17, 15) is 14.3 Å². The highest BCUT2D eigenvalue weighted by molar-refractivity contribution is 5.97. The van der Waals surface area contributed by atoms with Crippen LogP contribution in [0.5, 0.6) is 5.75 Å². The molecular weight excluding hydrogens is 235 g/mol. The lowest BCUT2D eigenvalue weighted by atomic mass is 9.95. The molecule has 18 heavy (non-hydrogen) atoms. The normalized spacial score (nSPS) is 18.2.